The molecule has 4 rings (SSSR count). The van der Waals surface area contributed by atoms with Gasteiger partial charge >= 0.3 is 5.97 Å². The monoisotopic (exact) mass is 492 g/mol. The molecule has 1 aliphatic carbocycles. The number of phenolic OH excluding ortho intramolecular Hbond substituents is 3. The fraction of sp³-hybridized carbons (Fsp3) is 0.318. The Kier molecular flexibility index (Phi) is 5.70. The molecule has 1 fully saturated rings. The largest absolute Gasteiger partial charge is 0.507 e. The molecule has 0 amide bonds. The zero-order valence-electron chi connectivity index (χ0n) is 17.8. The number of aliphatic hydroxyl groups excluding tert-OH is 4. The van der Waals surface area contributed by atoms with Crippen LogP contribution in [0.15, 0.2) is 6.07 Å². The van der Waals surface area contributed by atoms with E-state index in [0.717, 1.165) is 6.92 Å². The number of ether oxygens (including phenoxy) is 1. The number of aliphatic hydroxyl groups is 4. The average molecular weight is 492 g/mol. The van der Waals surface area contributed by atoms with E-state index in [2.05, 4.69) is 0 Å². The highest BCUT2D eigenvalue weighted by atomic mass is 16.5. The number of aromatic hydroxyl groups is 4. The zero-order chi connectivity index (χ0) is 26.1. The number of carbonyl (C=O) groups excluding carboxylic acids is 2. The van der Waals surface area contributed by atoms with Gasteiger partial charge in [-0.05, 0) is 18.6 Å². The van der Waals surface area contributed by atoms with Crippen LogP contribution in [0.2, 0.25) is 0 Å². The van der Waals surface area contributed by atoms with Crippen LogP contribution < -0.4 is 0 Å². The van der Waals surface area contributed by atoms with E-state index >= 15 is 0 Å². The van der Waals surface area contributed by atoms with E-state index in [1.807, 2.05) is 0 Å². The SMILES string of the molecule is Cc1c(C(=O)O)c(O)cc2c1C(=O)c1c(O)c([C@H]3O[C@H](CO)[C@@H](O)[C@@H](O)[C@@H]3O)c(O)c(O)c1C2=O. The maximum absolute atomic E-state index is 13.4. The first-order valence-corrected chi connectivity index (χ1v) is 10.2. The number of ketones is 2. The summed E-state index contributed by atoms with van der Waals surface area (Å²) in [6, 6.07) is 0.716. The van der Waals surface area contributed by atoms with Crippen molar-refractivity contribution in [2.75, 3.05) is 6.61 Å². The molecule has 13 heteroatoms. The maximum Gasteiger partial charge on any atom is 0.339 e. The Labute approximate surface area is 195 Å². The molecule has 0 spiro atoms. The van der Waals surface area contributed by atoms with Gasteiger partial charge in [-0.2, -0.15) is 0 Å². The van der Waals surface area contributed by atoms with E-state index in [9.17, 15) is 60.3 Å². The van der Waals surface area contributed by atoms with Crippen molar-refractivity contribution in [1.82, 2.24) is 0 Å². The molecule has 186 valence electrons. The van der Waals surface area contributed by atoms with Gasteiger partial charge in [0.25, 0.3) is 0 Å². The van der Waals surface area contributed by atoms with Crippen molar-refractivity contribution in [2.24, 2.45) is 0 Å². The topological polar surface area (TPSA) is 243 Å². The molecule has 0 saturated carbocycles. The van der Waals surface area contributed by atoms with Crippen LogP contribution in [0.4, 0.5) is 0 Å². The maximum atomic E-state index is 13.4. The summed E-state index contributed by atoms with van der Waals surface area (Å²) in [5.74, 6) is -8.24. The lowest BCUT2D eigenvalue weighted by Crippen LogP contribution is -2.55. The minimum Gasteiger partial charge on any atom is -0.507 e. The Morgan fingerprint density at radius 1 is 0.886 bits per heavy atom. The van der Waals surface area contributed by atoms with Crippen molar-refractivity contribution >= 4 is 17.5 Å². The molecular weight excluding hydrogens is 472 g/mol. The van der Waals surface area contributed by atoms with Gasteiger partial charge in [-0.1, -0.05) is 0 Å². The third kappa shape index (κ3) is 3.25. The van der Waals surface area contributed by atoms with Crippen LogP contribution in [0.5, 0.6) is 23.0 Å². The van der Waals surface area contributed by atoms with Crippen molar-refractivity contribution in [3.05, 3.63) is 45.0 Å². The van der Waals surface area contributed by atoms with Gasteiger partial charge in [0.1, 0.15) is 47.6 Å². The fourth-order valence-electron chi connectivity index (χ4n) is 4.58. The first kappa shape index (κ1) is 24.4. The molecule has 0 unspecified atom stereocenters. The van der Waals surface area contributed by atoms with Gasteiger partial charge in [-0.25, -0.2) is 4.79 Å². The van der Waals surface area contributed by atoms with Crippen molar-refractivity contribution in [1.29, 1.82) is 0 Å². The van der Waals surface area contributed by atoms with Crippen LogP contribution in [0, 0.1) is 6.92 Å². The molecule has 2 aliphatic rings. The predicted octanol–water partition coefficient (Wildman–Crippen LogP) is -1.19. The molecule has 2 aromatic carbocycles. The second kappa shape index (κ2) is 8.18. The number of carboxylic acid groups (broad SMARTS) is 1. The number of carboxylic acids is 1. The van der Waals surface area contributed by atoms with Crippen molar-refractivity contribution in [3.63, 3.8) is 0 Å². The molecule has 13 nitrogen and oxygen atoms in total. The van der Waals surface area contributed by atoms with Gasteiger partial charge in [-0.15, -0.1) is 0 Å². The minimum absolute atomic E-state index is 0.308. The minimum atomic E-state index is -2.03. The lowest BCUT2D eigenvalue weighted by molar-refractivity contribution is -0.232. The van der Waals surface area contributed by atoms with E-state index in [-0.39, 0.29) is 5.56 Å². The lowest BCUT2D eigenvalue weighted by Gasteiger charge is -2.40. The highest BCUT2D eigenvalue weighted by Crippen LogP contribution is 2.52. The fourth-order valence-corrected chi connectivity index (χ4v) is 4.58. The Morgan fingerprint density at radius 3 is 2.06 bits per heavy atom. The standard InChI is InChI=1S/C22H20O13/c1-4-8-5(2-6(24)9(4)22(33)34)13(25)10-11(15(8)27)16(28)12(18(30)17(10)29)21-20(32)19(31)14(26)7(3-23)35-21/h2,7,14,19-21,23-24,26,28-32H,3H2,1H3,(H,33,34)/t7-,14-,19-,20+,21-/m1/s1. The van der Waals surface area contributed by atoms with Crippen molar-refractivity contribution < 1.29 is 65.1 Å². The van der Waals surface area contributed by atoms with Gasteiger partial charge in [0.15, 0.2) is 23.1 Å². The summed E-state index contributed by atoms with van der Waals surface area (Å²) in [5, 5.41) is 91.5. The van der Waals surface area contributed by atoms with Gasteiger partial charge in [0.2, 0.25) is 0 Å². The van der Waals surface area contributed by atoms with Gasteiger partial charge < -0.3 is 50.7 Å². The summed E-state index contributed by atoms with van der Waals surface area (Å²) in [5.41, 5.74) is -4.49. The molecule has 9 N–H and O–H groups in total. The Morgan fingerprint density at radius 2 is 1.49 bits per heavy atom. The molecule has 0 bridgehead atoms. The third-order valence-corrected chi connectivity index (χ3v) is 6.33. The van der Waals surface area contributed by atoms with Crippen LogP contribution in [-0.4, -0.2) is 94.5 Å². The molecule has 0 aromatic heterocycles. The van der Waals surface area contributed by atoms with Crippen LogP contribution >= 0.6 is 0 Å². The van der Waals surface area contributed by atoms with Gasteiger partial charge in [0, 0.05) is 11.1 Å². The van der Waals surface area contributed by atoms with Crippen LogP contribution in [0.1, 0.15) is 59.4 Å². The number of carbonyl (C=O) groups is 3. The number of fused-ring (bicyclic) bond motifs is 2. The Bertz CT molecular complexity index is 1300. The second-order valence-electron chi connectivity index (χ2n) is 8.24. The van der Waals surface area contributed by atoms with E-state index in [1.165, 1.54) is 0 Å². The van der Waals surface area contributed by atoms with Crippen LogP contribution in [0.3, 0.4) is 0 Å². The molecule has 0 radical (unpaired) electrons. The highest BCUT2D eigenvalue weighted by Gasteiger charge is 2.48. The van der Waals surface area contributed by atoms with Gasteiger partial charge in [0.05, 0.1) is 23.3 Å². The predicted molar refractivity (Wildman–Crippen MR) is 111 cm³/mol. The quantitative estimate of drug-likeness (QED) is 0.154. The summed E-state index contributed by atoms with van der Waals surface area (Å²) in [4.78, 5) is 38.1. The first-order chi connectivity index (χ1) is 16.3. The molecule has 5 atom stereocenters. The number of aromatic carboxylic acids is 1. The van der Waals surface area contributed by atoms with Crippen molar-refractivity contribution in [2.45, 2.75) is 37.4 Å². The summed E-state index contributed by atoms with van der Waals surface area (Å²) in [6.07, 6.45) is -9.12. The molecule has 1 heterocycles. The second-order valence-corrected chi connectivity index (χ2v) is 8.24. The average Bonchev–Trinajstić information content (AvgIpc) is 2.79. The normalized spacial score (nSPS) is 25.8. The lowest BCUT2D eigenvalue weighted by atomic mass is 9.77. The Balaban J connectivity index is 1.99. The zero-order valence-corrected chi connectivity index (χ0v) is 17.8. The summed E-state index contributed by atoms with van der Waals surface area (Å²) in [6.45, 7) is 0.291. The molecule has 1 saturated heterocycles. The van der Waals surface area contributed by atoms with E-state index in [0.29, 0.717) is 6.07 Å². The number of rotatable bonds is 3. The summed E-state index contributed by atoms with van der Waals surface area (Å²) in [7, 11) is 0. The number of benzene rings is 2. The third-order valence-electron chi connectivity index (χ3n) is 6.33. The smallest absolute Gasteiger partial charge is 0.339 e. The van der Waals surface area contributed by atoms with E-state index in [1.54, 1.807) is 0 Å². The molecule has 1 aliphatic heterocycles. The Hall–Kier alpha value is -3.75. The molecule has 35 heavy (non-hydrogen) atoms. The van der Waals surface area contributed by atoms with Crippen molar-refractivity contribution in [3.8, 4) is 23.0 Å². The highest BCUT2D eigenvalue weighted by molar-refractivity contribution is 6.31. The molecular formula is C22H20O13. The number of phenols is 4. The van der Waals surface area contributed by atoms with Crippen LogP contribution in [-0.2, 0) is 4.74 Å². The van der Waals surface area contributed by atoms with Crippen LogP contribution in [0.25, 0.3) is 0 Å². The summed E-state index contributed by atoms with van der Waals surface area (Å²) < 4.78 is 5.30. The number of hydrogen-bond donors (Lipinski definition) is 9. The number of hydrogen-bond acceptors (Lipinski definition) is 12. The van der Waals surface area contributed by atoms with Gasteiger partial charge in [-0.3, -0.25) is 9.59 Å². The molecule has 2 aromatic rings. The first-order valence-electron chi connectivity index (χ1n) is 10.2. The summed E-state index contributed by atoms with van der Waals surface area (Å²) >= 11 is 0. The van der Waals surface area contributed by atoms with E-state index in [4.69, 9.17) is 4.74 Å². The van der Waals surface area contributed by atoms with E-state index < -0.39 is 111 Å².